The number of benzene rings is 1. The highest BCUT2D eigenvalue weighted by Crippen LogP contribution is 2.22. The summed E-state index contributed by atoms with van der Waals surface area (Å²) in [5.74, 6) is 0.0841. The Bertz CT molecular complexity index is 472. The summed E-state index contributed by atoms with van der Waals surface area (Å²) >= 11 is 6.20. The summed E-state index contributed by atoms with van der Waals surface area (Å²) in [7, 11) is 0. The van der Waals surface area contributed by atoms with E-state index in [-0.39, 0.29) is 18.0 Å². The molecule has 1 aliphatic carbocycles. The minimum Gasteiger partial charge on any atom is -0.352 e. The molecule has 116 valence electrons. The van der Waals surface area contributed by atoms with Gasteiger partial charge in [0.2, 0.25) is 5.91 Å². The van der Waals surface area contributed by atoms with Gasteiger partial charge in [0.25, 0.3) is 0 Å². The molecule has 1 saturated carbocycles. The fourth-order valence-corrected chi connectivity index (χ4v) is 3.24. The van der Waals surface area contributed by atoms with Crippen LogP contribution in [0.15, 0.2) is 24.3 Å². The van der Waals surface area contributed by atoms with Gasteiger partial charge in [0.1, 0.15) is 0 Å². The van der Waals surface area contributed by atoms with Crippen LogP contribution in [0.5, 0.6) is 0 Å². The zero-order chi connectivity index (χ0) is 15.2. The van der Waals surface area contributed by atoms with Gasteiger partial charge in [-0.1, -0.05) is 49.1 Å². The topological polar surface area (TPSA) is 41.1 Å². The number of carbonyl (C=O) groups is 1. The lowest BCUT2D eigenvalue weighted by atomic mass is 9.95. The summed E-state index contributed by atoms with van der Waals surface area (Å²) in [5, 5.41) is 7.22. The summed E-state index contributed by atoms with van der Waals surface area (Å²) in [6, 6.07) is 7.92. The Morgan fingerprint density at radius 1 is 1.19 bits per heavy atom. The zero-order valence-electron chi connectivity index (χ0n) is 12.9. The molecule has 0 aliphatic heterocycles. The number of hydrogen-bond acceptors (Lipinski definition) is 2. The third-order valence-corrected chi connectivity index (χ3v) is 4.56. The van der Waals surface area contributed by atoms with E-state index in [2.05, 4.69) is 10.6 Å². The normalized spacial score (nSPS) is 19.0. The number of halogens is 1. The van der Waals surface area contributed by atoms with E-state index in [1.807, 2.05) is 38.1 Å². The van der Waals surface area contributed by atoms with Crippen molar-refractivity contribution in [2.24, 2.45) is 0 Å². The van der Waals surface area contributed by atoms with Crippen LogP contribution < -0.4 is 10.6 Å². The van der Waals surface area contributed by atoms with Crippen LogP contribution in [0.4, 0.5) is 0 Å². The van der Waals surface area contributed by atoms with Crippen LogP contribution in [0, 0.1) is 0 Å². The fourth-order valence-electron chi connectivity index (χ4n) is 2.94. The molecule has 3 nitrogen and oxygen atoms in total. The predicted molar refractivity (Wildman–Crippen MR) is 87.5 cm³/mol. The first-order valence-electron chi connectivity index (χ1n) is 7.89. The average Bonchev–Trinajstić information content (AvgIpc) is 2.48. The van der Waals surface area contributed by atoms with Crippen molar-refractivity contribution in [1.82, 2.24) is 10.6 Å². The Kier molecular flexibility index (Phi) is 6.07. The first-order valence-corrected chi connectivity index (χ1v) is 8.26. The van der Waals surface area contributed by atoms with E-state index in [1.54, 1.807) is 0 Å². The van der Waals surface area contributed by atoms with Gasteiger partial charge in [-0.2, -0.15) is 0 Å². The monoisotopic (exact) mass is 308 g/mol. The highest BCUT2D eigenvalue weighted by molar-refractivity contribution is 6.31. The molecule has 0 bridgehead atoms. The second-order valence-electron chi connectivity index (χ2n) is 5.98. The Hall–Kier alpha value is -1.06. The summed E-state index contributed by atoms with van der Waals surface area (Å²) in [6.45, 7) is 3.94. The lowest BCUT2D eigenvalue weighted by Crippen LogP contribution is -2.47. The molecule has 2 N–H and O–H groups in total. The van der Waals surface area contributed by atoms with E-state index in [4.69, 9.17) is 11.6 Å². The average molecular weight is 309 g/mol. The van der Waals surface area contributed by atoms with Crippen LogP contribution in [0.2, 0.25) is 5.02 Å². The molecule has 1 amide bonds. The largest absolute Gasteiger partial charge is 0.352 e. The van der Waals surface area contributed by atoms with Crippen molar-refractivity contribution in [3.8, 4) is 0 Å². The first-order chi connectivity index (χ1) is 10.1. The second kappa shape index (κ2) is 7.81. The van der Waals surface area contributed by atoms with Gasteiger partial charge in [-0.05, 0) is 38.3 Å². The van der Waals surface area contributed by atoms with Crippen LogP contribution in [-0.4, -0.2) is 18.0 Å². The molecule has 0 spiro atoms. The maximum Gasteiger partial charge on any atom is 0.237 e. The van der Waals surface area contributed by atoms with Crippen molar-refractivity contribution in [3.05, 3.63) is 34.9 Å². The van der Waals surface area contributed by atoms with Crippen LogP contribution in [0.1, 0.15) is 57.6 Å². The maximum absolute atomic E-state index is 12.3. The lowest BCUT2D eigenvalue weighted by Gasteiger charge is -2.26. The van der Waals surface area contributed by atoms with Gasteiger partial charge in [-0.25, -0.2) is 0 Å². The van der Waals surface area contributed by atoms with Gasteiger partial charge in [0.05, 0.1) is 6.04 Å². The Balaban J connectivity index is 1.86. The number of carbonyl (C=O) groups excluding carboxylic acids is 1. The molecular weight excluding hydrogens is 284 g/mol. The van der Waals surface area contributed by atoms with Crippen LogP contribution in [0.25, 0.3) is 0 Å². The number of hydrogen-bond donors (Lipinski definition) is 2. The summed E-state index contributed by atoms with van der Waals surface area (Å²) in [4.78, 5) is 12.3. The quantitative estimate of drug-likeness (QED) is 0.868. The smallest absolute Gasteiger partial charge is 0.237 e. The van der Waals surface area contributed by atoms with Crippen molar-refractivity contribution in [2.45, 2.75) is 64.1 Å². The third-order valence-electron chi connectivity index (χ3n) is 4.22. The van der Waals surface area contributed by atoms with Crippen molar-refractivity contribution in [2.75, 3.05) is 0 Å². The van der Waals surface area contributed by atoms with Crippen LogP contribution in [0.3, 0.4) is 0 Å². The Morgan fingerprint density at radius 2 is 1.86 bits per heavy atom. The van der Waals surface area contributed by atoms with Gasteiger partial charge in [0.15, 0.2) is 0 Å². The van der Waals surface area contributed by atoms with Gasteiger partial charge in [-0.3, -0.25) is 10.1 Å². The molecule has 0 saturated heterocycles. The predicted octanol–water partition coefficient (Wildman–Crippen LogP) is 3.83. The molecule has 1 aromatic carbocycles. The molecule has 1 aromatic rings. The van der Waals surface area contributed by atoms with Crippen molar-refractivity contribution in [1.29, 1.82) is 0 Å². The van der Waals surface area contributed by atoms with Gasteiger partial charge < -0.3 is 5.32 Å². The molecule has 0 aromatic heterocycles. The van der Waals surface area contributed by atoms with E-state index in [0.717, 1.165) is 23.4 Å². The standard InChI is InChI=1S/C17H25ClN2O/c1-12(15-10-6-7-11-16(15)18)19-13(2)17(21)20-14-8-4-3-5-9-14/h6-7,10-14,19H,3-5,8-9H2,1-2H3,(H,20,21). The van der Waals surface area contributed by atoms with Gasteiger partial charge in [0, 0.05) is 17.1 Å². The third kappa shape index (κ3) is 4.72. The van der Waals surface area contributed by atoms with Crippen molar-refractivity contribution in [3.63, 3.8) is 0 Å². The molecule has 21 heavy (non-hydrogen) atoms. The molecule has 2 atom stereocenters. The van der Waals surface area contributed by atoms with Crippen molar-refractivity contribution >= 4 is 17.5 Å². The molecule has 1 fully saturated rings. The molecule has 1 aliphatic rings. The highest BCUT2D eigenvalue weighted by atomic mass is 35.5. The number of amides is 1. The molecule has 2 rings (SSSR count). The maximum atomic E-state index is 12.3. The van der Waals surface area contributed by atoms with E-state index in [0.29, 0.717) is 6.04 Å². The first kappa shape index (κ1) is 16.3. The zero-order valence-corrected chi connectivity index (χ0v) is 13.6. The van der Waals surface area contributed by atoms with Crippen molar-refractivity contribution < 1.29 is 4.79 Å². The number of nitrogens with one attached hydrogen (secondary N) is 2. The molecule has 0 heterocycles. The molecular formula is C17H25ClN2O. The summed E-state index contributed by atoms with van der Waals surface area (Å²) in [6.07, 6.45) is 5.96. The minimum atomic E-state index is -0.224. The Labute approximate surface area is 132 Å². The van der Waals surface area contributed by atoms with E-state index in [1.165, 1.54) is 19.3 Å². The molecule has 0 radical (unpaired) electrons. The Morgan fingerprint density at radius 3 is 2.52 bits per heavy atom. The van der Waals surface area contributed by atoms with E-state index >= 15 is 0 Å². The SMILES string of the molecule is CC(NC(C)c1ccccc1Cl)C(=O)NC1CCCCC1. The highest BCUT2D eigenvalue weighted by Gasteiger charge is 2.21. The lowest BCUT2D eigenvalue weighted by molar-refractivity contribution is -0.123. The molecule has 2 unspecified atom stereocenters. The van der Waals surface area contributed by atoms with Gasteiger partial charge >= 0.3 is 0 Å². The van der Waals surface area contributed by atoms with Crippen LogP contribution >= 0.6 is 11.6 Å². The fraction of sp³-hybridized carbons (Fsp3) is 0.588. The summed E-state index contributed by atoms with van der Waals surface area (Å²) < 4.78 is 0. The molecule has 4 heteroatoms. The van der Waals surface area contributed by atoms with Crippen LogP contribution in [-0.2, 0) is 4.79 Å². The minimum absolute atomic E-state index is 0.0470. The van der Waals surface area contributed by atoms with E-state index < -0.39 is 0 Å². The number of rotatable bonds is 5. The van der Waals surface area contributed by atoms with Gasteiger partial charge in [-0.15, -0.1) is 0 Å². The van der Waals surface area contributed by atoms with E-state index in [9.17, 15) is 4.79 Å². The second-order valence-corrected chi connectivity index (χ2v) is 6.38. The summed E-state index contributed by atoms with van der Waals surface area (Å²) in [5.41, 5.74) is 1.02.